The van der Waals surface area contributed by atoms with Crippen LogP contribution in [0.2, 0.25) is 0 Å². The summed E-state index contributed by atoms with van der Waals surface area (Å²) in [6, 6.07) is 9.65. The number of benzene rings is 1. The molecule has 2 saturated heterocycles. The van der Waals surface area contributed by atoms with Crippen molar-refractivity contribution in [2.24, 2.45) is 0 Å². The van der Waals surface area contributed by atoms with E-state index in [-0.39, 0.29) is 12.5 Å². The number of carbonyl (C=O) groups excluding carboxylic acids is 3. The fraction of sp³-hybridized carbons (Fsp3) is 0.278. The van der Waals surface area contributed by atoms with Gasteiger partial charge in [0.25, 0.3) is 11.1 Å². The minimum Gasteiger partial charge on any atom is -0.378 e. The topological polar surface area (TPSA) is 66.9 Å². The molecule has 3 rings (SSSR count). The molecule has 0 aliphatic carbocycles. The van der Waals surface area contributed by atoms with Crippen LogP contribution in [-0.4, -0.2) is 59.7 Å². The highest BCUT2D eigenvalue weighted by Gasteiger charge is 2.36. The third kappa shape index (κ3) is 4.37. The molecule has 0 unspecified atom stereocenters. The highest BCUT2D eigenvalue weighted by molar-refractivity contribution is 8.18. The first-order chi connectivity index (χ1) is 12.1. The average molecular weight is 358 g/mol. The number of thioether (sulfide) groups is 1. The molecule has 2 aliphatic rings. The molecule has 130 valence electrons. The lowest BCUT2D eigenvalue weighted by Crippen LogP contribution is -2.46. The summed E-state index contributed by atoms with van der Waals surface area (Å²) in [6.07, 6.45) is 5.19. The van der Waals surface area contributed by atoms with Gasteiger partial charge in [0.05, 0.1) is 18.1 Å². The van der Waals surface area contributed by atoms with Gasteiger partial charge in [0.1, 0.15) is 6.54 Å². The number of ether oxygens (including phenoxy) is 1. The van der Waals surface area contributed by atoms with Gasteiger partial charge >= 0.3 is 0 Å². The largest absolute Gasteiger partial charge is 0.378 e. The van der Waals surface area contributed by atoms with Gasteiger partial charge in [-0.1, -0.05) is 42.5 Å². The number of morpholine rings is 1. The fourth-order valence-corrected chi connectivity index (χ4v) is 3.30. The molecule has 1 aromatic carbocycles. The van der Waals surface area contributed by atoms with Crippen LogP contribution >= 0.6 is 11.8 Å². The van der Waals surface area contributed by atoms with Crippen molar-refractivity contribution in [3.63, 3.8) is 0 Å². The van der Waals surface area contributed by atoms with Crippen LogP contribution in [0.5, 0.6) is 0 Å². The first kappa shape index (κ1) is 17.4. The van der Waals surface area contributed by atoms with Crippen molar-refractivity contribution in [3.05, 3.63) is 53.0 Å². The maximum atomic E-state index is 12.4. The van der Waals surface area contributed by atoms with Crippen molar-refractivity contribution >= 4 is 34.9 Å². The zero-order valence-corrected chi connectivity index (χ0v) is 14.4. The first-order valence-corrected chi connectivity index (χ1v) is 8.79. The second-order valence-corrected chi connectivity index (χ2v) is 6.55. The zero-order valence-electron chi connectivity index (χ0n) is 13.6. The summed E-state index contributed by atoms with van der Waals surface area (Å²) in [6.45, 7) is 1.73. The summed E-state index contributed by atoms with van der Waals surface area (Å²) >= 11 is 0.857. The smallest absolute Gasteiger partial charge is 0.294 e. The molecule has 2 fully saturated rings. The first-order valence-electron chi connectivity index (χ1n) is 7.98. The second-order valence-electron chi connectivity index (χ2n) is 5.55. The molecular formula is C18H18N2O4S. The maximum Gasteiger partial charge on any atom is 0.294 e. The van der Waals surface area contributed by atoms with Gasteiger partial charge in [-0.05, 0) is 23.4 Å². The third-order valence-electron chi connectivity index (χ3n) is 3.87. The molecule has 0 N–H and O–H groups in total. The van der Waals surface area contributed by atoms with Crippen molar-refractivity contribution in [2.75, 3.05) is 32.8 Å². The number of hydrogen-bond acceptors (Lipinski definition) is 5. The molecule has 0 aromatic heterocycles. The fourth-order valence-electron chi connectivity index (χ4n) is 2.51. The van der Waals surface area contributed by atoms with E-state index in [0.29, 0.717) is 31.2 Å². The average Bonchev–Trinajstić information content (AvgIpc) is 2.91. The normalized spacial score (nSPS) is 20.1. The van der Waals surface area contributed by atoms with Crippen molar-refractivity contribution in [1.29, 1.82) is 0 Å². The van der Waals surface area contributed by atoms with E-state index in [1.807, 2.05) is 36.4 Å². The predicted octanol–water partition coefficient (Wildman–Crippen LogP) is 2.14. The van der Waals surface area contributed by atoms with Gasteiger partial charge in [-0.2, -0.15) is 0 Å². The van der Waals surface area contributed by atoms with E-state index >= 15 is 0 Å². The van der Waals surface area contributed by atoms with Crippen LogP contribution in [0.25, 0.3) is 6.08 Å². The second kappa shape index (κ2) is 8.13. The lowest BCUT2D eigenvalue weighted by molar-refractivity contribution is -0.139. The van der Waals surface area contributed by atoms with Gasteiger partial charge in [0, 0.05) is 13.1 Å². The predicted molar refractivity (Wildman–Crippen MR) is 95.7 cm³/mol. The van der Waals surface area contributed by atoms with Crippen molar-refractivity contribution < 1.29 is 19.1 Å². The number of imide groups is 1. The minimum absolute atomic E-state index is 0.218. The Labute approximate surface area is 150 Å². The minimum atomic E-state index is -0.422. The molecule has 0 atom stereocenters. The van der Waals surface area contributed by atoms with Gasteiger partial charge in [-0.25, -0.2) is 0 Å². The Kier molecular flexibility index (Phi) is 5.67. The Morgan fingerprint density at radius 2 is 1.88 bits per heavy atom. The van der Waals surface area contributed by atoms with Crippen LogP contribution in [0.4, 0.5) is 4.79 Å². The number of allylic oxidation sites excluding steroid dienone is 2. The van der Waals surface area contributed by atoms with E-state index in [0.717, 1.165) is 22.2 Å². The van der Waals surface area contributed by atoms with Gasteiger partial charge in [0.2, 0.25) is 5.91 Å². The molecule has 1 aromatic rings. The highest BCUT2D eigenvalue weighted by Crippen LogP contribution is 2.30. The maximum absolute atomic E-state index is 12.4. The van der Waals surface area contributed by atoms with Gasteiger partial charge in [-0.3, -0.25) is 19.3 Å². The van der Waals surface area contributed by atoms with E-state index in [1.165, 1.54) is 0 Å². The molecule has 0 radical (unpaired) electrons. The van der Waals surface area contributed by atoms with Gasteiger partial charge < -0.3 is 9.64 Å². The quantitative estimate of drug-likeness (QED) is 0.772. The molecule has 0 saturated carbocycles. The van der Waals surface area contributed by atoms with E-state index in [9.17, 15) is 14.4 Å². The van der Waals surface area contributed by atoms with Crippen molar-refractivity contribution in [2.45, 2.75) is 0 Å². The molecule has 25 heavy (non-hydrogen) atoms. The number of carbonyl (C=O) groups is 3. The number of rotatable bonds is 4. The summed E-state index contributed by atoms with van der Waals surface area (Å²) in [5, 5.41) is -0.411. The van der Waals surface area contributed by atoms with E-state index in [1.54, 1.807) is 17.1 Å². The monoisotopic (exact) mass is 358 g/mol. The number of nitrogens with zero attached hydrogens (tertiary/aromatic N) is 2. The molecule has 0 bridgehead atoms. The van der Waals surface area contributed by atoms with Gasteiger partial charge in [0.15, 0.2) is 0 Å². The van der Waals surface area contributed by atoms with E-state index in [2.05, 4.69) is 0 Å². The van der Waals surface area contributed by atoms with Crippen molar-refractivity contribution in [3.8, 4) is 0 Å². The Morgan fingerprint density at radius 1 is 1.16 bits per heavy atom. The summed E-state index contributed by atoms with van der Waals surface area (Å²) in [5.41, 5.74) is 1.00. The number of amides is 3. The lowest BCUT2D eigenvalue weighted by atomic mass is 10.2. The summed E-state index contributed by atoms with van der Waals surface area (Å²) in [4.78, 5) is 39.6. The molecule has 2 heterocycles. The summed E-state index contributed by atoms with van der Waals surface area (Å²) in [7, 11) is 0. The van der Waals surface area contributed by atoms with Crippen LogP contribution in [0.1, 0.15) is 5.56 Å². The molecule has 6 nitrogen and oxygen atoms in total. The summed E-state index contributed by atoms with van der Waals surface area (Å²) < 4.78 is 5.20. The Bertz CT molecular complexity index is 724. The number of hydrogen-bond donors (Lipinski definition) is 0. The standard InChI is InChI=1S/C18H18N2O4S/c21-16(19-9-11-24-12-10-19)13-20-17(22)15(25-18(20)23)8-4-7-14-5-2-1-3-6-14/h1-8H,9-13H2/b7-4-,15-8+. The van der Waals surface area contributed by atoms with Crippen LogP contribution in [0, 0.1) is 0 Å². The lowest BCUT2D eigenvalue weighted by Gasteiger charge is -2.27. The molecule has 2 aliphatic heterocycles. The molecule has 0 spiro atoms. The van der Waals surface area contributed by atoms with Crippen LogP contribution in [0.15, 0.2) is 47.4 Å². The van der Waals surface area contributed by atoms with Crippen LogP contribution < -0.4 is 0 Å². The highest BCUT2D eigenvalue weighted by atomic mass is 32.2. The Balaban J connectivity index is 1.62. The molecule has 7 heteroatoms. The molecular weight excluding hydrogens is 340 g/mol. The Hall–Kier alpha value is -2.38. The van der Waals surface area contributed by atoms with Crippen LogP contribution in [-0.2, 0) is 14.3 Å². The molecule has 3 amide bonds. The summed E-state index contributed by atoms with van der Waals surface area (Å²) in [5.74, 6) is -0.652. The zero-order chi connectivity index (χ0) is 17.6. The SMILES string of the molecule is O=C(CN1C(=O)S/C(=C/C=C\c2ccccc2)C1=O)N1CCOCC1. The Morgan fingerprint density at radius 3 is 2.60 bits per heavy atom. The third-order valence-corrected chi connectivity index (χ3v) is 4.79. The van der Waals surface area contributed by atoms with Crippen molar-refractivity contribution in [1.82, 2.24) is 9.80 Å². The van der Waals surface area contributed by atoms with Gasteiger partial charge in [-0.15, -0.1) is 0 Å². The van der Waals surface area contributed by atoms with Crippen LogP contribution in [0.3, 0.4) is 0 Å². The van der Waals surface area contributed by atoms with E-state index in [4.69, 9.17) is 4.74 Å². The van der Waals surface area contributed by atoms with E-state index < -0.39 is 11.1 Å².